The third-order valence-electron chi connectivity index (χ3n) is 3.34. The van der Waals surface area contributed by atoms with Gasteiger partial charge in [-0.3, -0.25) is 0 Å². The molecule has 1 aliphatic heterocycles. The van der Waals surface area contributed by atoms with Crippen molar-refractivity contribution in [2.24, 2.45) is 0 Å². The number of aryl methyl sites for hydroxylation is 1. The number of nitrogens with zero attached hydrogens (tertiary/aromatic N) is 2. The van der Waals surface area contributed by atoms with Gasteiger partial charge in [0.1, 0.15) is 0 Å². The summed E-state index contributed by atoms with van der Waals surface area (Å²) in [5.74, 6) is 0. The van der Waals surface area contributed by atoms with Crippen LogP contribution in [0.2, 0.25) is 0 Å². The van der Waals surface area contributed by atoms with Crippen molar-refractivity contribution in [2.75, 3.05) is 33.2 Å². The van der Waals surface area contributed by atoms with Crippen molar-refractivity contribution in [3.8, 4) is 0 Å². The first kappa shape index (κ1) is 16.4. The second-order valence-electron chi connectivity index (χ2n) is 4.87. The van der Waals surface area contributed by atoms with Gasteiger partial charge in [0.2, 0.25) is 10.0 Å². The van der Waals surface area contributed by atoms with Gasteiger partial charge in [-0.2, -0.15) is 4.31 Å². The molecular formula is C13H20ClN2O2S-. The third-order valence-corrected chi connectivity index (χ3v) is 5.25. The fourth-order valence-electron chi connectivity index (χ4n) is 2.12. The maximum absolute atomic E-state index is 12.5. The van der Waals surface area contributed by atoms with Crippen LogP contribution in [0.5, 0.6) is 0 Å². The van der Waals surface area contributed by atoms with Crippen LogP contribution in [-0.4, -0.2) is 50.8 Å². The molecule has 1 aromatic carbocycles. The number of hydrogen-bond acceptors (Lipinski definition) is 3. The first-order chi connectivity index (χ1) is 8.50. The maximum Gasteiger partial charge on any atom is 0.243 e. The van der Waals surface area contributed by atoms with E-state index in [4.69, 9.17) is 0 Å². The molecule has 0 aliphatic carbocycles. The molecule has 4 nitrogen and oxygen atoms in total. The van der Waals surface area contributed by atoms with Crippen LogP contribution in [0, 0.1) is 6.92 Å². The summed E-state index contributed by atoms with van der Waals surface area (Å²) in [5, 5.41) is 0. The van der Waals surface area contributed by atoms with Gasteiger partial charge in [-0.25, -0.2) is 8.42 Å². The Hall–Kier alpha value is -0.620. The molecule has 108 valence electrons. The normalized spacial score (nSPS) is 18.6. The molecule has 0 atom stereocenters. The Morgan fingerprint density at radius 2 is 1.63 bits per heavy atom. The smallest absolute Gasteiger partial charge is 0.243 e. The quantitative estimate of drug-likeness (QED) is 0.656. The number of halogens is 1. The van der Waals surface area contributed by atoms with Gasteiger partial charge in [-0.05, 0) is 39.1 Å². The maximum atomic E-state index is 12.5. The summed E-state index contributed by atoms with van der Waals surface area (Å²) in [6.07, 6.45) is 0.890. The van der Waals surface area contributed by atoms with E-state index in [1.807, 2.05) is 26.1 Å². The molecule has 0 saturated carbocycles. The standard InChI is InChI=1S/C13H20N2O2S.ClH/c1-12-4-6-13(7-5-12)18(16,17)15-9-3-8-14(2)10-11-15;/h4-7H,3,8-11H2,1-2H3;1H/p-1. The van der Waals surface area contributed by atoms with Crippen LogP contribution >= 0.6 is 0 Å². The predicted molar refractivity (Wildman–Crippen MR) is 72.1 cm³/mol. The fraction of sp³-hybridized carbons (Fsp3) is 0.538. The van der Waals surface area contributed by atoms with Gasteiger partial charge in [-0.15, -0.1) is 0 Å². The van der Waals surface area contributed by atoms with Crippen LogP contribution in [0.3, 0.4) is 0 Å². The van der Waals surface area contributed by atoms with E-state index in [1.165, 1.54) is 0 Å². The molecule has 1 aliphatic rings. The summed E-state index contributed by atoms with van der Waals surface area (Å²) < 4.78 is 26.5. The minimum absolute atomic E-state index is 0. The predicted octanol–water partition coefficient (Wildman–Crippen LogP) is -1.67. The third kappa shape index (κ3) is 3.92. The highest BCUT2D eigenvalue weighted by atomic mass is 35.5. The molecule has 1 saturated heterocycles. The summed E-state index contributed by atoms with van der Waals surface area (Å²) in [6.45, 7) is 4.90. The SMILES string of the molecule is Cc1ccc(S(=O)(=O)N2CCCN(C)CC2)cc1.[Cl-]. The highest BCUT2D eigenvalue weighted by molar-refractivity contribution is 7.89. The zero-order chi connectivity index (χ0) is 13.2. The minimum Gasteiger partial charge on any atom is -1.00 e. The highest BCUT2D eigenvalue weighted by Crippen LogP contribution is 2.17. The second-order valence-corrected chi connectivity index (χ2v) is 6.81. The zero-order valence-corrected chi connectivity index (χ0v) is 12.9. The van der Waals surface area contributed by atoms with Crippen LogP contribution < -0.4 is 12.4 Å². The summed E-state index contributed by atoms with van der Waals surface area (Å²) in [6, 6.07) is 7.08. The van der Waals surface area contributed by atoms with Crippen molar-refractivity contribution in [1.82, 2.24) is 9.21 Å². The number of rotatable bonds is 2. The first-order valence-corrected chi connectivity index (χ1v) is 7.69. The van der Waals surface area contributed by atoms with Crippen LogP contribution in [-0.2, 0) is 10.0 Å². The monoisotopic (exact) mass is 303 g/mol. The lowest BCUT2D eigenvalue weighted by Gasteiger charge is -2.20. The van der Waals surface area contributed by atoms with Crippen LogP contribution in [0.4, 0.5) is 0 Å². The topological polar surface area (TPSA) is 40.6 Å². The van der Waals surface area contributed by atoms with Crippen molar-refractivity contribution in [1.29, 1.82) is 0 Å². The summed E-state index contributed by atoms with van der Waals surface area (Å²) in [7, 11) is -1.29. The van der Waals surface area contributed by atoms with Crippen LogP contribution in [0.1, 0.15) is 12.0 Å². The molecule has 0 amide bonds. The average Bonchev–Trinajstić information content (AvgIpc) is 2.55. The first-order valence-electron chi connectivity index (χ1n) is 6.25. The zero-order valence-electron chi connectivity index (χ0n) is 11.3. The number of likely N-dealkylation sites (N-methyl/N-ethyl adjacent to an activating group) is 1. The summed E-state index contributed by atoms with van der Waals surface area (Å²) >= 11 is 0. The molecular weight excluding hydrogens is 284 g/mol. The van der Waals surface area contributed by atoms with E-state index in [0.717, 1.165) is 25.1 Å². The molecule has 19 heavy (non-hydrogen) atoms. The molecule has 0 radical (unpaired) electrons. The highest BCUT2D eigenvalue weighted by Gasteiger charge is 2.25. The molecule has 0 N–H and O–H groups in total. The van der Waals surface area contributed by atoms with Gasteiger partial charge in [0.15, 0.2) is 0 Å². The molecule has 6 heteroatoms. The van der Waals surface area contributed by atoms with Gasteiger partial charge in [0.25, 0.3) is 0 Å². The molecule has 1 heterocycles. The van der Waals surface area contributed by atoms with Gasteiger partial charge in [0.05, 0.1) is 4.90 Å². The Labute approximate surface area is 121 Å². The van der Waals surface area contributed by atoms with Gasteiger partial charge in [-0.1, -0.05) is 17.7 Å². The van der Waals surface area contributed by atoms with Crippen LogP contribution in [0.25, 0.3) is 0 Å². The van der Waals surface area contributed by atoms with E-state index in [1.54, 1.807) is 16.4 Å². The van der Waals surface area contributed by atoms with E-state index in [0.29, 0.717) is 18.0 Å². The Balaban J connectivity index is 0.00000180. The number of hydrogen-bond donors (Lipinski definition) is 0. The van der Waals surface area contributed by atoms with Crippen molar-refractivity contribution >= 4 is 10.0 Å². The Bertz CT molecular complexity index is 502. The lowest BCUT2D eigenvalue weighted by Crippen LogP contribution is -3.00. The Kier molecular flexibility index (Phi) is 5.80. The molecule has 1 aromatic rings. The Morgan fingerprint density at radius 1 is 1.00 bits per heavy atom. The van der Waals surface area contributed by atoms with E-state index < -0.39 is 10.0 Å². The van der Waals surface area contributed by atoms with E-state index in [2.05, 4.69) is 4.90 Å². The van der Waals surface area contributed by atoms with Crippen molar-refractivity contribution < 1.29 is 20.8 Å². The second kappa shape index (κ2) is 6.70. The van der Waals surface area contributed by atoms with E-state index in [-0.39, 0.29) is 12.4 Å². The van der Waals surface area contributed by atoms with E-state index in [9.17, 15) is 8.42 Å². The molecule has 0 bridgehead atoms. The summed E-state index contributed by atoms with van der Waals surface area (Å²) in [4.78, 5) is 2.57. The number of sulfonamides is 1. The molecule has 0 aromatic heterocycles. The van der Waals surface area contributed by atoms with Crippen LogP contribution in [0.15, 0.2) is 29.2 Å². The molecule has 0 spiro atoms. The molecule has 1 fully saturated rings. The largest absolute Gasteiger partial charge is 1.00 e. The Morgan fingerprint density at radius 3 is 2.26 bits per heavy atom. The fourth-order valence-corrected chi connectivity index (χ4v) is 3.59. The van der Waals surface area contributed by atoms with Gasteiger partial charge in [0, 0.05) is 19.6 Å². The van der Waals surface area contributed by atoms with Gasteiger partial charge < -0.3 is 17.3 Å². The van der Waals surface area contributed by atoms with Crippen molar-refractivity contribution in [3.63, 3.8) is 0 Å². The summed E-state index contributed by atoms with van der Waals surface area (Å²) in [5.41, 5.74) is 1.07. The van der Waals surface area contributed by atoms with Crippen molar-refractivity contribution in [2.45, 2.75) is 18.2 Å². The number of benzene rings is 1. The molecule has 2 rings (SSSR count). The lowest BCUT2D eigenvalue weighted by molar-refractivity contribution is -0.00000643. The van der Waals surface area contributed by atoms with E-state index >= 15 is 0 Å². The van der Waals surface area contributed by atoms with Crippen molar-refractivity contribution in [3.05, 3.63) is 29.8 Å². The lowest BCUT2D eigenvalue weighted by atomic mass is 10.2. The van der Waals surface area contributed by atoms with Gasteiger partial charge >= 0.3 is 0 Å². The molecule has 0 unspecified atom stereocenters. The minimum atomic E-state index is -3.32. The average molecular weight is 304 g/mol.